The number of furan rings is 1. The van der Waals surface area contributed by atoms with Crippen LogP contribution in [0.25, 0.3) is 0 Å². The molecule has 0 spiro atoms. The Hall–Kier alpha value is -1.78. The summed E-state index contributed by atoms with van der Waals surface area (Å²) in [6.07, 6.45) is 0. The maximum Gasteiger partial charge on any atom is 0.374 e. The number of rotatable bonds is 4. The monoisotopic (exact) mass is 198 g/mol. The molecule has 1 heterocycles. The molecular weight excluding hydrogens is 188 g/mol. The number of hydrogen-bond donors (Lipinski definition) is 0. The maximum absolute atomic E-state index is 11.2. The van der Waals surface area contributed by atoms with E-state index in [1.54, 1.807) is 0 Å². The summed E-state index contributed by atoms with van der Waals surface area (Å²) in [6.45, 7) is 1.08. The van der Waals surface area contributed by atoms with Gasteiger partial charge in [-0.1, -0.05) is 0 Å². The summed E-state index contributed by atoms with van der Waals surface area (Å²) in [5, 5.41) is 0. The minimum Gasteiger partial charge on any atom is -0.468 e. The van der Waals surface area contributed by atoms with Gasteiger partial charge in [-0.2, -0.15) is 0 Å². The average Bonchev–Trinajstić information content (AvgIpc) is 2.62. The molecule has 0 aliphatic heterocycles. The summed E-state index contributed by atoms with van der Waals surface area (Å²) in [5.74, 6) is -0.664. The van der Waals surface area contributed by atoms with Gasteiger partial charge >= 0.3 is 5.97 Å². The highest BCUT2D eigenvalue weighted by molar-refractivity contribution is 5.88. The number of methoxy groups -OCH3 is 1. The number of ether oxygens (including phenoxy) is 2. The fourth-order valence-electron chi connectivity index (χ4n) is 0.778. The summed E-state index contributed by atoms with van der Waals surface area (Å²) < 4.78 is 14.3. The van der Waals surface area contributed by atoms with Crippen molar-refractivity contribution in [2.24, 2.45) is 0 Å². The Labute approximate surface area is 80.6 Å². The SMILES string of the molecule is COc1ccc(C(=O)OCC(C)=O)o1. The lowest BCUT2D eigenvalue weighted by Gasteiger charge is -1.98. The van der Waals surface area contributed by atoms with Crippen LogP contribution < -0.4 is 4.74 Å². The van der Waals surface area contributed by atoms with Crippen LogP contribution in [-0.4, -0.2) is 25.5 Å². The van der Waals surface area contributed by atoms with Gasteiger partial charge in [-0.15, -0.1) is 0 Å². The number of hydrogen-bond acceptors (Lipinski definition) is 5. The van der Waals surface area contributed by atoms with Gasteiger partial charge in [0, 0.05) is 6.07 Å². The predicted octanol–water partition coefficient (Wildman–Crippen LogP) is 1.03. The van der Waals surface area contributed by atoms with Crippen molar-refractivity contribution in [2.75, 3.05) is 13.7 Å². The first kappa shape index (κ1) is 10.3. The molecule has 0 aliphatic carbocycles. The molecule has 0 bridgehead atoms. The molecule has 0 saturated carbocycles. The molecular formula is C9H10O5. The largest absolute Gasteiger partial charge is 0.468 e. The smallest absolute Gasteiger partial charge is 0.374 e. The van der Waals surface area contributed by atoms with Gasteiger partial charge in [0.15, 0.2) is 5.78 Å². The first-order valence-corrected chi connectivity index (χ1v) is 3.94. The standard InChI is InChI=1S/C9H10O5/c1-6(10)5-13-9(11)7-3-4-8(12-2)14-7/h3-4H,5H2,1-2H3. The van der Waals surface area contributed by atoms with Gasteiger partial charge in [-0.05, 0) is 13.0 Å². The zero-order valence-corrected chi connectivity index (χ0v) is 7.90. The van der Waals surface area contributed by atoms with E-state index < -0.39 is 5.97 Å². The van der Waals surface area contributed by atoms with Crippen LogP contribution >= 0.6 is 0 Å². The van der Waals surface area contributed by atoms with Gasteiger partial charge in [-0.25, -0.2) is 4.79 Å². The number of ketones is 1. The van der Waals surface area contributed by atoms with E-state index in [9.17, 15) is 9.59 Å². The van der Waals surface area contributed by atoms with Crippen LogP contribution in [0.2, 0.25) is 0 Å². The van der Waals surface area contributed by atoms with Crippen molar-refractivity contribution in [3.63, 3.8) is 0 Å². The van der Waals surface area contributed by atoms with Crippen molar-refractivity contribution in [1.82, 2.24) is 0 Å². The molecule has 1 aromatic heterocycles. The third-order valence-corrected chi connectivity index (χ3v) is 1.39. The Balaban J connectivity index is 2.56. The van der Waals surface area contributed by atoms with Gasteiger partial charge in [0.1, 0.15) is 6.61 Å². The Kier molecular flexibility index (Phi) is 3.28. The molecule has 5 nitrogen and oxygen atoms in total. The second-order valence-corrected chi connectivity index (χ2v) is 2.60. The van der Waals surface area contributed by atoms with E-state index in [0.717, 1.165) is 0 Å². The molecule has 0 aliphatic rings. The lowest BCUT2D eigenvalue weighted by molar-refractivity contribution is -0.120. The van der Waals surface area contributed by atoms with E-state index in [2.05, 4.69) is 4.74 Å². The quantitative estimate of drug-likeness (QED) is 0.676. The Morgan fingerprint density at radius 3 is 2.64 bits per heavy atom. The van der Waals surface area contributed by atoms with Crippen molar-refractivity contribution in [1.29, 1.82) is 0 Å². The summed E-state index contributed by atoms with van der Waals surface area (Å²) in [6, 6.07) is 2.91. The first-order chi connectivity index (χ1) is 6.63. The van der Waals surface area contributed by atoms with E-state index in [0.29, 0.717) is 0 Å². The molecule has 14 heavy (non-hydrogen) atoms. The number of esters is 1. The summed E-state index contributed by atoms with van der Waals surface area (Å²) in [4.78, 5) is 21.7. The second kappa shape index (κ2) is 4.45. The van der Waals surface area contributed by atoms with E-state index in [-0.39, 0.29) is 24.1 Å². The number of carbonyl (C=O) groups excluding carboxylic acids is 2. The molecule has 0 unspecified atom stereocenters. The highest BCUT2D eigenvalue weighted by Gasteiger charge is 2.13. The molecule has 0 atom stereocenters. The minimum absolute atomic E-state index is 0.0168. The van der Waals surface area contributed by atoms with Crippen LogP contribution in [-0.2, 0) is 9.53 Å². The third-order valence-electron chi connectivity index (χ3n) is 1.39. The summed E-state index contributed by atoms with van der Waals surface area (Å²) in [7, 11) is 1.42. The van der Waals surface area contributed by atoms with E-state index in [4.69, 9.17) is 9.15 Å². The minimum atomic E-state index is -0.677. The Morgan fingerprint density at radius 1 is 1.43 bits per heavy atom. The number of carbonyl (C=O) groups is 2. The van der Waals surface area contributed by atoms with Gasteiger partial charge in [0.05, 0.1) is 7.11 Å². The van der Waals surface area contributed by atoms with Crippen LogP contribution in [0.3, 0.4) is 0 Å². The van der Waals surface area contributed by atoms with Gasteiger partial charge in [0.2, 0.25) is 5.76 Å². The van der Waals surface area contributed by atoms with Crippen LogP contribution in [0.4, 0.5) is 0 Å². The van der Waals surface area contributed by atoms with Crippen LogP contribution in [0.1, 0.15) is 17.5 Å². The molecule has 0 N–H and O–H groups in total. The van der Waals surface area contributed by atoms with Crippen LogP contribution in [0.15, 0.2) is 16.5 Å². The molecule has 0 radical (unpaired) electrons. The van der Waals surface area contributed by atoms with Gasteiger partial charge < -0.3 is 13.9 Å². The molecule has 1 rings (SSSR count). The Bertz CT molecular complexity index is 339. The van der Waals surface area contributed by atoms with Crippen molar-refractivity contribution in [2.45, 2.75) is 6.92 Å². The fourth-order valence-corrected chi connectivity index (χ4v) is 0.778. The van der Waals surface area contributed by atoms with Crippen LogP contribution in [0.5, 0.6) is 5.95 Å². The zero-order valence-electron chi connectivity index (χ0n) is 7.90. The van der Waals surface area contributed by atoms with Crippen molar-refractivity contribution >= 4 is 11.8 Å². The lowest BCUT2D eigenvalue weighted by atomic mass is 10.4. The van der Waals surface area contributed by atoms with Gasteiger partial charge in [-0.3, -0.25) is 4.79 Å². The highest BCUT2D eigenvalue weighted by Crippen LogP contribution is 2.15. The van der Waals surface area contributed by atoms with Gasteiger partial charge in [0.25, 0.3) is 5.95 Å². The fraction of sp³-hybridized carbons (Fsp3) is 0.333. The first-order valence-electron chi connectivity index (χ1n) is 3.94. The molecule has 0 fully saturated rings. The molecule has 5 heteroatoms. The molecule has 0 aromatic carbocycles. The maximum atomic E-state index is 11.2. The summed E-state index contributed by atoms with van der Waals surface area (Å²) >= 11 is 0. The third kappa shape index (κ3) is 2.62. The summed E-state index contributed by atoms with van der Waals surface area (Å²) in [5.41, 5.74) is 0. The van der Waals surface area contributed by atoms with E-state index in [1.807, 2.05) is 0 Å². The highest BCUT2D eigenvalue weighted by atomic mass is 16.6. The molecule has 0 amide bonds. The van der Waals surface area contributed by atoms with Crippen molar-refractivity contribution < 1.29 is 23.5 Å². The zero-order chi connectivity index (χ0) is 10.6. The topological polar surface area (TPSA) is 65.7 Å². The van der Waals surface area contributed by atoms with E-state index >= 15 is 0 Å². The van der Waals surface area contributed by atoms with Crippen molar-refractivity contribution in [3.05, 3.63) is 17.9 Å². The normalized spacial score (nSPS) is 9.57. The van der Waals surface area contributed by atoms with Crippen molar-refractivity contribution in [3.8, 4) is 5.95 Å². The van der Waals surface area contributed by atoms with E-state index in [1.165, 1.54) is 26.2 Å². The lowest BCUT2D eigenvalue weighted by Crippen LogP contribution is -2.10. The number of Topliss-reactive ketones (excluding diaryl/α,β-unsaturated/α-hetero) is 1. The second-order valence-electron chi connectivity index (χ2n) is 2.60. The average molecular weight is 198 g/mol. The molecule has 76 valence electrons. The Morgan fingerprint density at radius 2 is 2.14 bits per heavy atom. The molecule has 1 aromatic rings. The van der Waals surface area contributed by atoms with Crippen LogP contribution in [0, 0.1) is 0 Å². The predicted molar refractivity (Wildman–Crippen MR) is 46.2 cm³/mol. The molecule has 0 saturated heterocycles.